The van der Waals surface area contributed by atoms with Gasteiger partial charge in [-0.2, -0.15) is 5.10 Å². The van der Waals surface area contributed by atoms with E-state index in [0.717, 1.165) is 17.4 Å². The first-order chi connectivity index (χ1) is 9.17. The number of aryl methyl sites for hydroxylation is 2. The van der Waals surface area contributed by atoms with Gasteiger partial charge in [-0.1, -0.05) is 35.0 Å². The van der Waals surface area contributed by atoms with Crippen molar-refractivity contribution in [1.82, 2.24) is 15.1 Å². The van der Waals surface area contributed by atoms with E-state index in [9.17, 15) is 0 Å². The fourth-order valence-corrected chi connectivity index (χ4v) is 2.66. The zero-order valence-electron chi connectivity index (χ0n) is 11.7. The summed E-state index contributed by atoms with van der Waals surface area (Å²) in [7, 11) is 1.99. The van der Waals surface area contributed by atoms with Crippen molar-refractivity contribution >= 4 is 15.9 Å². The minimum atomic E-state index is 0.172. The SMILES string of the molecule is CCCn1nccc1C(NC)c1ccc(C)c(Br)c1. The maximum atomic E-state index is 4.41. The van der Waals surface area contributed by atoms with Crippen LogP contribution in [0.5, 0.6) is 0 Å². The number of benzene rings is 1. The van der Waals surface area contributed by atoms with Crippen LogP contribution < -0.4 is 5.32 Å². The fourth-order valence-electron chi connectivity index (χ4n) is 2.26. The highest BCUT2D eigenvalue weighted by atomic mass is 79.9. The molecule has 4 heteroatoms. The van der Waals surface area contributed by atoms with Crippen LogP contribution in [0, 0.1) is 6.92 Å². The van der Waals surface area contributed by atoms with Crippen LogP contribution in [-0.4, -0.2) is 16.8 Å². The van der Waals surface area contributed by atoms with E-state index in [0.29, 0.717) is 0 Å². The minimum absolute atomic E-state index is 0.172. The molecule has 0 fully saturated rings. The molecule has 0 aliphatic heterocycles. The highest BCUT2D eigenvalue weighted by molar-refractivity contribution is 9.10. The molecule has 1 N–H and O–H groups in total. The quantitative estimate of drug-likeness (QED) is 0.910. The molecule has 1 aromatic carbocycles. The predicted molar refractivity (Wildman–Crippen MR) is 82.3 cm³/mol. The Kier molecular flexibility index (Phi) is 4.77. The third-order valence-corrected chi connectivity index (χ3v) is 4.15. The van der Waals surface area contributed by atoms with E-state index in [1.54, 1.807) is 0 Å². The largest absolute Gasteiger partial charge is 0.308 e. The summed E-state index contributed by atoms with van der Waals surface area (Å²) in [4.78, 5) is 0. The van der Waals surface area contributed by atoms with Gasteiger partial charge in [-0.15, -0.1) is 0 Å². The second-order valence-electron chi connectivity index (χ2n) is 4.71. The third kappa shape index (κ3) is 3.07. The fraction of sp³-hybridized carbons (Fsp3) is 0.400. The van der Waals surface area contributed by atoms with Crippen LogP contribution in [0.4, 0.5) is 0 Å². The molecule has 102 valence electrons. The molecular formula is C15H20BrN3. The topological polar surface area (TPSA) is 29.9 Å². The maximum Gasteiger partial charge on any atom is 0.0746 e. The molecule has 0 saturated carbocycles. The number of hydrogen-bond acceptors (Lipinski definition) is 2. The van der Waals surface area contributed by atoms with Gasteiger partial charge >= 0.3 is 0 Å². The van der Waals surface area contributed by atoms with Crippen molar-refractivity contribution in [2.24, 2.45) is 0 Å². The summed E-state index contributed by atoms with van der Waals surface area (Å²) < 4.78 is 3.22. The highest BCUT2D eigenvalue weighted by Gasteiger charge is 2.16. The molecule has 1 aromatic heterocycles. The summed E-state index contributed by atoms with van der Waals surface area (Å²) in [5, 5.41) is 7.79. The number of halogens is 1. The average molecular weight is 322 g/mol. The molecule has 1 atom stereocenters. The molecule has 1 unspecified atom stereocenters. The van der Waals surface area contributed by atoms with Gasteiger partial charge in [0.2, 0.25) is 0 Å². The van der Waals surface area contributed by atoms with Crippen molar-refractivity contribution in [3.8, 4) is 0 Å². The van der Waals surface area contributed by atoms with Crippen molar-refractivity contribution < 1.29 is 0 Å². The van der Waals surface area contributed by atoms with Crippen LogP contribution in [0.3, 0.4) is 0 Å². The van der Waals surface area contributed by atoms with E-state index in [1.807, 2.05) is 13.2 Å². The summed E-state index contributed by atoms with van der Waals surface area (Å²) >= 11 is 3.61. The lowest BCUT2D eigenvalue weighted by Crippen LogP contribution is -2.21. The molecule has 0 aliphatic carbocycles. The number of nitrogens with zero attached hydrogens (tertiary/aromatic N) is 2. The van der Waals surface area contributed by atoms with Gasteiger partial charge in [0.05, 0.1) is 11.7 Å². The first-order valence-corrected chi connectivity index (χ1v) is 7.41. The molecule has 0 saturated heterocycles. The van der Waals surface area contributed by atoms with Crippen LogP contribution in [0.2, 0.25) is 0 Å². The Morgan fingerprint density at radius 1 is 1.37 bits per heavy atom. The first-order valence-electron chi connectivity index (χ1n) is 6.62. The lowest BCUT2D eigenvalue weighted by molar-refractivity contribution is 0.534. The third-order valence-electron chi connectivity index (χ3n) is 3.30. The smallest absolute Gasteiger partial charge is 0.0746 e. The zero-order chi connectivity index (χ0) is 13.8. The lowest BCUT2D eigenvalue weighted by atomic mass is 10.0. The van der Waals surface area contributed by atoms with Crippen LogP contribution in [0.1, 0.15) is 36.2 Å². The molecule has 2 aromatic rings. The van der Waals surface area contributed by atoms with Gasteiger partial charge in [0.1, 0.15) is 0 Å². The van der Waals surface area contributed by atoms with Gasteiger partial charge in [-0.25, -0.2) is 0 Å². The Balaban J connectivity index is 2.38. The maximum absolute atomic E-state index is 4.41. The van der Waals surface area contributed by atoms with Crippen LogP contribution >= 0.6 is 15.9 Å². The van der Waals surface area contributed by atoms with E-state index in [2.05, 4.69) is 69.1 Å². The molecule has 0 spiro atoms. The number of hydrogen-bond donors (Lipinski definition) is 1. The van der Waals surface area contributed by atoms with Gasteiger partial charge in [0.25, 0.3) is 0 Å². The average Bonchev–Trinajstić information content (AvgIpc) is 2.83. The van der Waals surface area contributed by atoms with Crippen LogP contribution in [0.15, 0.2) is 34.9 Å². The second-order valence-corrected chi connectivity index (χ2v) is 5.56. The minimum Gasteiger partial charge on any atom is -0.308 e. The summed E-state index contributed by atoms with van der Waals surface area (Å²) in [6.45, 7) is 5.22. The highest BCUT2D eigenvalue weighted by Crippen LogP contribution is 2.26. The summed E-state index contributed by atoms with van der Waals surface area (Å²) in [6.07, 6.45) is 2.96. The molecule has 0 amide bonds. The summed E-state index contributed by atoms with van der Waals surface area (Å²) in [5.41, 5.74) is 3.71. The van der Waals surface area contributed by atoms with Crippen molar-refractivity contribution in [2.75, 3.05) is 7.05 Å². The van der Waals surface area contributed by atoms with E-state index >= 15 is 0 Å². The van der Waals surface area contributed by atoms with E-state index in [1.165, 1.54) is 16.8 Å². The Hall–Kier alpha value is -1.13. The van der Waals surface area contributed by atoms with E-state index < -0.39 is 0 Å². The summed E-state index contributed by atoms with van der Waals surface area (Å²) in [5.74, 6) is 0. The number of aromatic nitrogens is 2. The lowest BCUT2D eigenvalue weighted by Gasteiger charge is -2.19. The molecule has 2 rings (SSSR count). The van der Waals surface area contributed by atoms with Crippen molar-refractivity contribution in [2.45, 2.75) is 32.9 Å². The van der Waals surface area contributed by atoms with E-state index in [-0.39, 0.29) is 6.04 Å². The molecule has 19 heavy (non-hydrogen) atoms. The van der Waals surface area contributed by atoms with Gasteiger partial charge < -0.3 is 5.32 Å². The second kappa shape index (κ2) is 6.35. The first kappa shape index (κ1) is 14.3. The molecule has 1 heterocycles. The Bertz CT molecular complexity index is 548. The number of rotatable bonds is 5. The standard InChI is InChI=1S/C15H20BrN3/c1-4-9-19-14(7-8-18-19)15(17-3)12-6-5-11(2)13(16)10-12/h5-8,10,15,17H,4,9H2,1-3H3. The van der Waals surface area contributed by atoms with Gasteiger partial charge in [0, 0.05) is 17.2 Å². The molecule has 0 aliphatic rings. The van der Waals surface area contributed by atoms with E-state index in [4.69, 9.17) is 0 Å². The van der Waals surface area contributed by atoms with Crippen molar-refractivity contribution in [1.29, 1.82) is 0 Å². The monoisotopic (exact) mass is 321 g/mol. The van der Waals surface area contributed by atoms with Gasteiger partial charge in [-0.3, -0.25) is 4.68 Å². The zero-order valence-corrected chi connectivity index (χ0v) is 13.2. The molecule has 3 nitrogen and oxygen atoms in total. The Morgan fingerprint density at radius 3 is 2.79 bits per heavy atom. The molecular weight excluding hydrogens is 302 g/mol. The van der Waals surface area contributed by atoms with Crippen molar-refractivity contribution in [3.05, 3.63) is 51.8 Å². The normalized spacial score (nSPS) is 12.6. The van der Waals surface area contributed by atoms with Crippen LogP contribution in [0.25, 0.3) is 0 Å². The number of nitrogens with one attached hydrogen (secondary N) is 1. The van der Waals surface area contributed by atoms with Gasteiger partial charge in [-0.05, 0) is 43.7 Å². The van der Waals surface area contributed by atoms with Crippen LogP contribution in [-0.2, 0) is 6.54 Å². The predicted octanol–water partition coefficient (Wildman–Crippen LogP) is 3.67. The summed E-state index contributed by atoms with van der Waals surface area (Å²) in [6, 6.07) is 8.75. The molecule has 0 radical (unpaired) electrons. The Morgan fingerprint density at radius 2 is 2.16 bits per heavy atom. The van der Waals surface area contributed by atoms with Crippen molar-refractivity contribution in [3.63, 3.8) is 0 Å². The van der Waals surface area contributed by atoms with Gasteiger partial charge in [0.15, 0.2) is 0 Å². The molecule has 0 bridgehead atoms. The Labute approximate surface area is 123 Å².